The van der Waals surface area contributed by atoms with Gasteiger partial charge in [0.15, 0.2) is 0 Å². The van der Waals surface area contributed by atoms with Crippen molar-refractivity contribution in [3.05, 3.63) is 24.3 Å². The van der Waals surface area contributed by atoms with Gasteiger partial charge in [-0.25, -0.2) is 0 Å². The Hall–Kier alpha value is -1.55. The predicted molar refractivity (Wildman–Crippen MR) is 77.2 cm³/mol. The Morgan fingerprint density at radius 3 is 2.33 bits per heavy atom. The zero-order valence-electron chi connectivity index (χ0n) is 11.7. The van der Waals surface area contributed by atoms with Crippen molar-refractivity contribution < 1.29 is 4.79 Å². The van der Waals surface area contributed by atoms with Crippen LogP contribution in [0.3, 0.4) is 0 Å². The van der Waals surface area contributed by atoms with E-state index in [9.17, 15) is 4.79 Å². The summed E-state index contributed by atoms with van der Waals surface area (Å²) >= 11 is 0. The van der Waals surface area contributed by atoms with Crippen molar-refractivity contribution in [2.24, 2.45) is 0 Å². The number of likely N-dealkylation sites (N-methyl/N-ethyl adjacent to an activating group) is 1. The molecule has 0 aliphatic rings. The van der Waals surface area contributed by atoms with Crippen molar-refractivity contribution in [2.75, 3.05) is 30.4 Å². The molecule has 1 aromatic carbocycles. The van der Waals surface area contributed by atoms with Crippen molar-refractivity contribution in [1.29, 1.82) is 0 Å². The molecular weight excluding hydrogens is 226 g/mol. The maximum absolute atomic E-state index is 11.4. The summed E-state index contributed by atoms with van der Waals surface area (Å²) < 4.78 is 0. The second kappa shape index (κ2) is 7.01. The molecule has 4 heteroatoms. The van der Waals surface area contributed by atoms with Crippen molar-refractivity contribution in [3.63, 3.8) is 0 Å². The molecular formula is C14H23N3O. The van der Waals surface area contributed by atoms with Crippen LogP contribution < -0.4 is 15.5 Å². The van der Waals surface area contributed by atoms with Crippen LogP contribution in [0.5, 0.6) is 0 Å². The zero-order chi connectivity index (χ0) is 13.5. The van der Waals surface area contributed by atoms with Crippen LogP contribution in [0.2, 0.25) is 0 Å². The molecule has 0 aliphatic carbocycles. The number of nitrogens with one attached hydrogen (secondary N) is 2. The SMILES string of the molecule is CCN(c1ccc(NC(=O)CNC)cc1)C(C)C. The van der Waals surface area contributed by atoms with E-state index in [0.29, 0.717) is 12.6 Å². The maximum atomic E-state index is 11.4. The summed E-state index contributed by atoms with van der Waals surface area (Å²) in [5.74, 6) is -0.0264. The number of anilines is 2. The molecule has 0 bridgehead atoms. The molecule has 0 aliphatic heterocycles. The maximum Gasteiger partial charge on any atom is 0.238 e. The van der Waals surface area contributed by atoms with Crippen molar-refractivity contribution >= 4 is 17.3 Å². The first kappa shape index (κ1) is 14.5. The second-order valence-electron chi connectivity index (χ2n) is 4.51. The summed E-state index contributed by atoms with van der Waals surface area (Å²) in [6.45, 7) is 7.79. The normalized spacial score (nSPS) is 10.5. The average Bonchev–Trinajstić information content (AvgIpc) is 2.32. The fourth-order valence-electron chi connectivity index (χ4n) is 1.95. The van der Waals surface area contributed by atoms with Gasteiger partial charge in [0.25, 0.3) is 0 Å². The molecule has 2 N–H and O–H groups in total. The van der Waals surface area contributed by atoms with Crippen LogP contribution in [0.4, 0.5) is 11.4 Å². The lowest BCUT2D eigenvalue weighted by Crippen LogP contribution is -2.30. The van der Waals surface area contributed by atoms with E-state index in [4.69, 9.17) is 0 Å². The molecule has 0 saturated carbocycles. The van der Waals surface area contributed by atoms with E-state index >= 15 is 0 Å². The number of nitrogens with zero attached hydrogens (tertiary/aromatic N) is 1. The molecule has 0 spiro atoms. The van der Waals surface area contributed by atoms with E-state index in [0.717, 1.165) is 12.2 Å². The number of amides is 1. The van der Waals surface area contributed by atoms with Crippen LogP contribution in [-0.4, -0.2) is 32.1 Å². The molecule has 1 aromatic rings. The first-order valence-corrected chi connectivity index (χ1v) is 6.39. The van der Waals surface area contributed by atoms with E-state index in [-0.39, 0.29) is 5.91 Å². The minimum absolute atomic E-state index is 0.0264. The average molecular weight is 249 g/mol. The predicted octanol–water partition coefficient (Wildman–Crippen LogP) is 2.08. The largest absolute Gasteiger partial charge is 0.369 e. The van der Waals surface area contributed by atoms with E-state index < -0.39 is 0 Å². The molecule has 1 rings (SSSR count). The summed E-state index contributed by atoms with van der Waals surface area (Å²) in [6.07, 6.45) is 0. The first-order valence-electron chi connectivity index (χ1n) is 6.39. The highest BCUT2D eigenvalue weighted by atomic mass is 16.1. The molecule has 0 saturated heterocycles. The third kappa shape index (κ3) is 4.04. The Morgan fingerprint density at radius 1 is 1.28 bits per heavy atom. The number of carbonyl (C=O) groups is 1. The van der Waals surface area contributed by atoms with Gasteiger partial charge in [0.2, 0.25) is 5.91 Å². The highest BCUT2D eigenvalue weighted by molar-refractivity contribution is 5.92. The first-order chi connectivity index (χ1) is 8.58. The van der Waals surface area contributed by atoms with Gasteiger partial charge < -0.3 is 15.5 Å². The van der Waals surface area contributed by atoms with Crippen molar-refractivity contribution in [2.45, 2.75) is 26.8 Å². The van der Waals surface area contributed by atoms with Crippen LogP contribution >= 0.6 is 0 Å². The molecule has 4 nitrogen and oxygen atoms in total. The molecule has 0 heterocycles. The van der Waals surface area contributed by atoms with Crippen LogP contribution in [0.15, 0.2) is 24.3 Å². The van der Waals surface area contributed by atoms with E-state index in [2.05, 4.69) is 36.3 Å². The Kier molecular flexibility index (Phi) is 5.65. The van der Waals surface area contributed by atoms with Gasteiger partial charge in [0.1, 0.15) is 0 Å². The van der Waals surface area contributed by atoms with Gasteiger partial charge in [-0.1, -0.05) is 0 Å². The van der Waals surface area contributed by atoms with Crippen molar-refractivity contribution in [1.82, 2.24) is 5.32 Å². The lowest BCUT2D eigenvalue weighted by atomic mass is 10.2. The minimum Gasteiger partial charge on any atom is -0.369 e. The molecule has 100 valence electrons. The lowest BCUT2D eigenvalue weighted by molar-refractivity contribution is -0.115. The summed E-state index contributed by atoms with van der Waals surface area (Å²) in [7, 11) is 1.75. The molecule has 18 heavy (non-hydrogen) atoms. The molecule has 0 radical (unpaired) electrons. The topological polar surface area (TPSA) is 44.4 Å². The summed E-state index contributed by atoms with van der Waals surface area (Å²) in [5.41, 5.74) is 2.01. The Labute approximate surface area is 109 Å². The van der Waals surface area contributed by atoms with Gasteiger partial charge in [-0.15, -0.1) is 0 Å². The monoisotopic (exact) mass is 249 g/mol. The number of rotatable bonds is 6. The summed E-state index contributed by atoms with van der Waals surface area (Å²) in [6, 6.07) is 8.43. The standard InChI is InChI=1S/C14H23N3O/c1-5-17(11(2)3)13-8-6-12(7-9-13)16-14(18)10-15-4/h6-9,11,15H,5,10H2,1-4H3,(H,16,18). The highest BCUT2D eigenvalue weighted by Gasteiger charge is 2.08. The third-order valence-corrected chi connectivity index (χ3v) is 2.78. The van der Waals surface area contributed by atoms with E-state index in [1.165, 1.54) is 5.69 Å². The minimum atomic E-state index is -0.0264. The number of hydrogen-bond acceptors (Lipinski definition) is 3. The Morgan fingerprint density at radius 2 is 1.89 bits per heavy atom. The number of benzene rings is 1. The number of carbonyl (C=O) groups excluding carboxylic acids is 1. The smallest absolute Gasteiger partial charge is 0.238 e. The van der Waals surface area contributed by atoms with Crippen molar-refractivity contribution in [3.8, 4) is 0 Å². The summed E-state index contributed by atoms with van der Waals surface area (Å²) in [5, 5.41) is 5.66. The molecule has 0 unspecified atom stereocenters. The summed E-state index contributed by atoms with van der Waals surface area (Å²) in [4.78, 5) is 13.7. The van der Waals surface area contributed by atoms with Crippen LogP contribution in [0, 0.1) is 0 Å². The van der Waals surface area contributed by atoms with E-state index in [1.54, 1.807) is 7.05 Å². The van der Waals surface area contributed by atoms with Gasteiger partial charge in [-0.05, 0) is 52.1 Å². The van der Waals surface area contributed by atoms with Crippen LogP contribution in [-0.2, 0) is 4.79 Å². The van der Waals surface area contributed by atoms with Gasteiger partial charge >= 0.3 is 0 Å². The van der Waals surface area contributed by atoms with E-state index in [1.807, 2.05) is 24.3 Å². The Bertz CT molecular complexity index is 373. The molecule has 1 amide bonds. The zero-order valence-corrected chi connectivity index (χ0v) is 11.7. The lowest BCUT2D eigenvalue weighted by Gasteiger charge is -2.27. The van der Waals surface area contributed by atoms with Gasteiger partial charge in [-0.2, -0.15) is 0 Å². The van der Waals surface area contributed by atoms with Crippen LogP contribution in [0.25, 0.3) is 0 Å². The molecule has 0 fully saturated rings. The fourth-order valence-corrected chi connectivity index (χ4v) is 1.95. The van der Waals surface area contributed by atoms with Gasteiger partial charge in [-0.3, -0.25) is 4.79 Å². The quantitative estimate of drug-likeness (QED) is 0.811. The fraction of sp³-hybridized carbons (Fsp3) is 0.500. The Balaban J connectivity index is 2.70. The molecule has 0 aromatic heterocycles. The number of hydrogen-bond donors (Lipinski definition) is 2. The van der Waals surface area contributed by atoms with Crippen LogP contribution in [0.1, 0.15) is 20.8 Å². The van der Waals surface area contributed by atoms with Gasteiger partial charge in [0.05, 0.1) is 6.54 Å². The van der Waals surface area contributed by atoms with Gasteiger partial charge in [0, 0.05) is 24.0 Å². The highest BCUT2D eigenvalue weighted by Crippen LogP contribution is 2.19. The molecule has 0 atom stereocenters. The third-order valence-electron chi connectivity index (χ3n) is 2.78. The second-order valence-corrected chi connectivity index (χ2v) is 4.51.